The second-order valence-electron chi connectivity index (χ2n) is 3.94. The molecule has 19 heavy (non-hydrogen) atoms. The van der Waals surface area contributed by atoms with Crippen LogP contribution in [0.25, 0.3) is 0 Å². The van der Waals surface area contributed by atoms with Crippen molar-refractivity contribution >= 4 is 33.5 Å². The summed E-state index contributed by atoms with van der Waals surface area (Å²) in [4.78, 5) is 19.2. The summed E-state index contributed by atoms with van der Waals surface area (Å²) in [5.74, 6) is -1.76. The number of carbonyl (C=O) groups is 1. The van der Waals surface area contributed by atoms with Crippen LogP contribution in [-0.2, 0) is 11.2 Å². The molecule has 4 nitrogen and oxygen atoms in total. The molecule has 0 aliphatic rings. The van der Waals surface area contributed by atoms with Crippen LogP contribution in [-0.4, -0.2) is 21.0 Å². The third-order valence-electron chi connectivity index (χ3n) is 2.71. The standard InChI is InChI=1S/C13H10BrClN2O2/c14-10-4-2-1-3-8(10)5-9(13(18)19)12-11(15)6-16-7-17-12/h1-4,6-7,9H,5H2,(H,18,19). The van der Waals surface area contributed by atoms with Crippen molar-refractivity contribution in [1.29, 1.82) is 0 Å². The van der Waals surface area contributed by atoms with Crippen molar-refractivity contribution in [2.24, 2.45) is 0 Å². The van der Waals surface area contributed by atoms with Crippen LogP contribution in [0.3, 0.4) is 0 Å². The van der Waals surface area contributed by atoms with E-state index in [0.29, 0.717) is 12.1 Å². The first-order valence-electron chi connectivity index (χ1n) is 5.51. The Hall–Kier alpha value is -1.46. The van der Waals surface area contributed by atoms with Crippen LogP contribution < -0.4 is 0 Å². The lowest BCUT2D eigenvalue weighted by molar-refractivity contribution is -0.138. The number of hydrogen-bond acceptors (Lipinski definition) is 3. The largest absolute Gasteiger partial charge is 0.481 e. The van der Waals surface area contributed by atoms with Crippen molar-refractivity contribution in [2.75, 3.05) is 0 Å². The second kappa shape index (κ2) is 6.12. The Labute approximate surface area is 123 Å². The molecule has 1 aromatic carbocycles. The highest BCUT2D eigenvalue weighted by Gasteiger charge is 2.25. The number of carboxylic acids is 1. The van der Waals surface area contributed by atoms with Crippen LogP contribution >= 0.6 is 27.5 Å². The summed E-state index contributed by atoms with van der Waals surface area (Å²) in [6.45, 7) is 0. The molecular weight excluding hydrogens is 332 g/mol. The van der Waals surface area contributed by atoms with E-state index in [2.05, 4.69) is 25.9 Å². The van der Waals surface area contributed by atoms with Crippen LogP contribution in [0.5, 0.6) is 0 Å². The van der Waals surface area contributed by atoms with Crippen molar-refractivity contribution in [3.8, 4) is 0 Å². The molecule has 0 aliphatic heterocycles. The highest BCUT2D eigenvalue weighted by Crippen LogP contribution is 2.28. The highest BCUT2D eigenvalue weighted by molar-refractivity contribution is 9.10. The minimum Gasteiger partial charge on any atom is -0.481 e. The van der Waals surface area contributed by atoms with Gasteiger partial charge in [0.2, 0.25) is 0 Å². The molecular formula is C13H10BrClN2O2. The zero-order valence-electron chi connectivity index (χ0n) is 9.75. The first-order chi connectivity index (χ1) is 9.09. The number of hydrogen-bond donors (Lipinski definition) is 1. The molecule has 2 aromatic rings. The van der Waals surface area contributed by atoms with Gasteiger partial charge in [0.15, 0.2) is 0 Å². The molecule has 0 aliphatic carbocycles. The van der Waals surface area contributed by atoms with Gasteiger partial charge >= 0.3 is 5.97 Å². The van der Waals surface area contributed by atoms with Gasteiger partial charge in [0.1, 0.15) is 12.2 Å². The van der Waals surface area contributed by atoms with Gasteiger partial charge in [-0.25, -0.2) is 9.97 Å². The Morgan fingerprint density at radius 3 is 2.79 bits per heavy atom. The monoisotopic (exact) mass is 340 g/mol. The van der Waals surface area contributed by atoms with Crippen LogP contribution in [0, 0.1) is 0 Å². The van der Waals surface area contributed by atoms with E-state index in [1.807, 2.05) is 24.3 Å². The average Bonchev–Trinajstić information content (AvgIpc) is 2.38. The molecule has 1 heterocycles. The van der Waals surface area contributed by atoms with Gasteiger partial charge in [0, 0.05) is 10.7 Å². The molecule has 1 atom stereocenters. The van der Waals surface area contributed by atoms with E-state index >= 15 is 0 Å². The summed E-state index contributed by atoms with van der Waals surface area (Å²) >= 11 is 9.38. The Morgan fingerprint density at radius 1 is 1.42 bits per heavy atom. The van der Waals surface area contributed by atoms with Gasteiger partial charge in [0.05, 0.1) is 10.7 Å². The first kappa shape index (κ1) is 14.0. The smallest absolute Gasteiger partial charge is 0.312 e. The normalized spacial score (nSPS) is 12.1. The van der Waals surface area contributed by atoms with E-state index in [0.717, 1.165) is 10.0 Å². The molecule has 0 amide bonds. The third-order valence-corrected chi connectivity index (χ3v) is 3.77. The minimum atomic E-state index is -0.962. The maximum absolute atomic E-state index is 11.4. The number of aliphatic carboxylic acids is 1. The molecule has 0 spiro atoms. The fourth-order valence-corrected chi connectivity index (χ4v) is 2.45. The quantitative estimate of drug-likeness (QED) is 0.927. The Kier molecular flexibility index (Phi) is 4.50. The zero-order chi connectivity index (χ0) is 13.8. The number of carboxylic acid groups (broad SMARTS) is 1. The zero-order valence-corrected chi connectivity index (χ0v) is 12.1. The van der Waals surface area contributed by atoms with E-state index in [1.165, 1.54) is 12.5 Å². The summed E-state index contributed by atoms with van der Waals surface area (Å²) in [6.07, 6.45) is 3.02. The molecule has 6 heteroatoms. The van der Waals surface area contributed by atoms with E-state index in [-0.39, 0.29) is 5.02 Å². The lowest BCUT2D eigenvalue weighted by Gasteiger charge is -2.13. The van der Waals surface area contributed by atoms with E-state index < -0.39 is 11.9 Å². The topological polar surface area (TPSA) is 63.1 Å². The maximum Gasteiger partial charge on any atom is 0.312 e. The van der Waals surface area contributed by atoms with Crippen molar-refractivity contribution < 1.29 is 9.90 Å². The Morgan fingerprint density at radius 2 is 2.16 bits per heavy atom. The van der Waals surface area contributed by atoms with Crippen LogP contribution in [0.2, 0.25) is 5.02 Å². The maximum atomic E-state index is 11.4. The predicted molar refractivity (Wildman–Crippen MR) is 75.3 cm³/mol. The Bertz CT molecular complexity index is 607. The minimum absolute atomic E-state index is 0.266. The van der Waals surface area contributed by atoms with Gasteiger partial charge in [-0.1, -0.05) is 45.7 Å². The van der Waals surface area contributed by atoms with Crippen molar-refractivity contribution in [1.82, 2.24) is 9.97 Å². The van der Waals surface area contributed by atoms with Gasteiger partial charge in [-0.05, 0) is 18.1 Å². The van der Waals surface area contributed by atoms with Gasteiger partial charge in [-0.15, -0.1) is 0 Å². The third kappa shape index (κ3) is 3.30. The summed E-state index contributed by atoms with van der Waals surface area (Å²) in [6, 6.07) is 7.48. The summed E-state index contributed by atoms with van der Waals surface area (Å²) in [5.41, 5.74) is 1.23. The van der Waals surface area contributed by atoms with Crippen molar-refractivity contribution in [3.63, 3.8) is 0 Å². The van der Waals surface area contributed by atoms with Gasteiger partial charge in [0.25, 0.3) is 0 Å². The summed E-state index contributed by atoms with van der Waals surface area (Å²) in [5, 5.41) is 9.63. The molecule has 1 unspecified atom stereocenters. The Balaban J connectivity index is 2.35. The molecule has 0 saturated heterocycles. The SMILES string of the molecule is O=C(O)C(Cc1ccccc1Br)c1ncncc1Cl. The van der Waals surface area contributed by atoms with E-state index in [9.17, 15) is 9.90 Å². The first-order valence-corrected chi connectivity index (χ1v) is 6.68. The van der Waals surface area contributed by atoms with Gasteiger partial charge < -0.3 is 5.11 Å². The van der Waals surface area contributed by atoms with Crippen molar-refractivity contribution in [3.05, 3.63) is 57.5 Å². The van der Waals surface area contributed by atoms with Gasteiger partial charge in [-0.2, -0.15) is 0 Å². The predicted octanol–water partition coefficient (Wildman–Crippen LogP) is 3.30. The highest BCUT2D eigenvalue weighted by atomic mass is 79.9. The number of nitrogens with zero attached hydrogens (tertiary/aromatic N) is 2. The summed E-state index contributed by atoms with van der Waals surface area (Å²) < 4.78 is 0.867. The fraction of sp³-hybridized carbons (Fsp3) is 0.154. The van der Waals surface area contributed by atoms with Crippen LogP contribution in [0.1, 0.15) is 17.2 Å². The van der Waals surface area contributed by atoms with Crippen molar-refractivity contribution in [2.45, 2.75) is 12.3 Å². The fourth-order valence-electron chi connectivity index (χ4n) is 1.76. The molecule has 1 aromatic heterocycles. The molecule has 98 valence electrons. The molecule has 2 rings (SSSR count). The molecule has 0 bridgehead atoms. The average molecular weight is 342 g/mol. The number of rotatable bonds is 4. The number of benzene rings is 1. The van der Waals surface area contributed by atoms with Crippen LogP contribution in [0.4, 0.5) is 0 Å². The van der Waals surface area contributed by atoms with E-state index in [4.69, 9.17) is 11.6 Å². The van der Waals surface area contributed by atoms with Gasteiger partial charge in [-0.3, -0.25) is 4.79 Å². The molecule has 1 N–H and O–H groups in total. The lowest BCUT2D eigenvalue weighted by atomic mass is 9.96. The number of aromatic nitrogens is 2. The molecule has 0 radical (unpaired) electrons. The molecule has 0 saturated carbocycles. The summed E-state index contributed by atoms with van der Waals surface area (Å²) in [7, 11) is 0. The van der Waals surface area contributed by atoms with E-state index in [1.54, 1.807) is 0 Å². The molecule has 0 fully saturated rings. The second-order valence-corrected chi connectivity index (χ2v) is 5.20. The van der Waals surface area contributed by atoms with Crippen LogP contribution in [0.15, 0.2) is 41.3 Å². The lowest BCUT2D eigenvalue weighted by Crippen LogP contribution is -2.16. The number of halogens is 2.